The first kappa shape index (κ1) is 22.9. The number of aromatic nitrogens is 1. The molecule has 1 aliphatic heterocycles. The third-order valence-electron chi connectivity index (χ3n) is 4.57. The number of carbonyl (C=O) groups excluding carboxylic acids is 2. The molecule has 1 aromatic carbocycles. The van der Waals surface area contributed by atoms with Gasteiger partial charge in [-0.15, -0.1) is 0 Å². The predicted octanol–water partition coefficient (Wildman–Crippen LogP) is 4.63. The van der Waals surface area contributed by atoms with E-state index >= 15 is 0 Å². The van der Waals surface area contributed by atoms with Crippen molar-refractivity contribution in [3.8, 4) is 11.3 Å². The number of ether oxygens (including phenoxy) is 1. The van der Waals surface area contributed by atoms with Crippen LogP contribution in [0.3, 0.4) is 0 Å². The zero-order valence-corrected chi connectivity index (χ0v) is 17.4. The Bertz CT molecular complexity index is 913. The van der Waals surface area contributed by atoms with Gasteiger partial charge in [-0.25, -0.2) is 4.79 Å². The van der Waals surface area contributed by atoms with E-state index in [9.17, 15) is 19.5 Å². The number of amides is 2. The van der Waals surface area contributed by atoms with Crippen molar-refractivity contribution in [2.75, 3.05) is 17.7 Å². The van der Waals surface area contributed by atoms with Crippen molar-refractivity contribution in [3.05, 3.63) is 42.1 Å². The summed E-state index contributed by atoms with van der Waals surface area (Å²) in [5.41, 5.74) is 2.60. The monoisotopic (exact) mass is 413 g/mol. The molecule has 0 fully saturated rings. The molecule has 0 saturated heterocycles. The van der Waals surface area contributed by atoms with Crippen molar-refractivity contribution in [2.24, 2.45) is 0 Å². The fourth-order valence-corrected chi connectivity index (χ4v) is 3.16. The summed E-state index contributed by atoms with van der Waals surface area (Å²) in [6.07, 6.45) is 1.26. The SMILES string of the molecule is CC.COC(=O)Nc1ccc2c(c1)NC(=O)CCCCC(C(=O)O)c1cccc-2n1. The molecule has 1 unspecified atom stereocenters. The summed E-state index contributed by atoms with van der Waals surface area (Å²) in [5, 5.41) is 15.0. The van der Waals surface area contributed by atoms with Crippen molar-refractivity contribution < 1.29 is 24.2 Å². The van der Waals surface area contributed by atoms with E-state index in [1.807, 2.05) is 13.8 Å². The number of rotatable bonds is 2. The third kappa shape index (κ3) is 5.79. The van der Waals surface area contributed by atoms with Crippen molar-refractivity contribution in [3.63, 3.8) is 0 Å². The number of hydrogen-bond donors (Lipinski definition) is 3. The number of nitrogens with one attached hydrogen (secondary N) is 2. The van der Waals surface area contributed by atoms with E-state index < -0.39 is 18.0 Å². The van der Waals surface area contributed by atoms with Gasteiger partial charge in [-0.2, -0.15) is 0 Å². The molecule has 0 radical (unpaired) electrons. The minimum Gasteiger partial charge on any atom is -0.481 e. The second-order valence-electron chi connectivity index (χ2n) is 6.51. The van der Waals surface area contributed by atoms with Gasteiger partial charge in [-0.05, 0) is 43.2 Å². The molecule has 160 valence electrons. The van der Waals surface area contributed by atoms with Gasteiger partial charge in [0.25, 0.3) is 0 Å². The van der Waals surface area contributed by atoms with Gasteiger partial charge in [-0.1, -0.05) is 26.3 Å². The number of fused-ring (bicyclic) bond motifs is 4. The standard InChI is InChI=1S/C20H21N3O5.C2H6/c1-28-20(27)21-12-9-10-13-15-6-4-7-16(22-15)14(19(25)26)5-2-3-8-18(24)23-17(13)11-12;1-2/h4,6-7,9-11,14H,2-3,5,8H2,1H3,(H,21,27)(H,23,24)(H,25,26);1-2H3. The lowest BCUT2D eigenvalue weighted by atomic mass is 9.96. The Kier molecular flexibility index (Phi) is 8.34. The largest absolute Gasteiger partial charge is 0.481 e. The number of hydrogen-bond acceptors (Lipinski definition) is 5. The second kappa shape index (κ2) is 10.9. The Hall–Kier alpha value is -3.42. The Morgan fingerprint density at radius 1 is 1.20 bits per heavy atom. The summed E-state index contributed by atoms with van der Waals surface area (Å²) >= 11 is 0. The summed E-state index contributed by atoms with van der Waals surface area (Å²) in [6, 6.07) is 10.2. The maximum atomic E-state index is 12.3. The fourth-order valence-electron chi connectivity index (χ4n) is 3.16. The van der Waals surface area contributed by atoms with Crippen LogP contribution in [0.25, 0.3) is 11.3 Å². The normalized spacial score (nSPS) is 15.7. The molecule has 8 heteroatoms. The van der Waals surface area contributed by atoms with Crippen LogP contribution in [-0.4, -0.2) is 35.2 Å². The molecule has 8 nitrogen and oxygen atoms in total. The van der Waals surface area contributed by atoms with Crippen LogP contribution in [-0.2, 0) is 14.3 Å². The number of carboxylic acid groups (broad SMARTS) is 1. The highest BCUT2D eigenvalue weighted by Gasteiger charge is 2.23. The molecule has 2 aromatic rings. The number of nitrogens with zero attached hydrogens (tertiary/aromatic N) is 1. The lowest BCUT2D eigenvalue weighted by Crippen LogP contribution is -2.17. The highest BCUT2D eigenvalue weighted by atomic mass is 16.5. The summed E-state index contributed by atoms with van der Waals surface area (Å²) in [4.78, 5) is 40.0. The van der Waals surface area contributed by atoms with Crippen molar-refractivity contribution in [1.29, 1.82) is 0 Å². The van der Waals surface area contributed by atoms with Gasteiger partial charge in [0.2, 0.25) is 5.91 Å². The highest BCUT2D eigenvalue weighted by Crippen LogP contribution is 2.32. The average Bonchev–Trinajstić information content (AvgIpc) is 2.74. The van der Waals surface area contributed by atoms with E-state index in [-0.39, 0.29) is 12.3 Å². The molecule has 0 saturated carbocycles. The van der Waals surface area contributed by atoms with Gasteiger partial charge in [0.05, 0.1) is 30.1 Å². The first-order valence-corrected chi connectivity index (χ1v) is 9.97. The minimum absolute atomic E-state index is 0.180. The summed E-state index contributed by atoms with van der Waals surface area (Å²) < 4.78 is 4.60. The summed E-state index contributed by atoms with van der Waals surface area (Å²) in [6.45, 7) is 4.00. The van der Waals surface area contributed by atoms with Crippen LogP contribution in [0, 0.1) is 0 Å². The van der Waals surface area contributed by atoms with E-state index in [1.165, 1.54) is 7.11 Å². The van der Waals surface area contributed by atoms with Gasteiger partial charge < -0.3 is 15.2 Å². The van der Waals surface area contributed by atoms with Crippen LogP contribution in [0.4, 0.5) is 16.2 Å². The first-order valence-electron chi connectivity index (χ1n) is 9.97. The molecule has 0 aliphatic carbocycles. The number of benzene rings is 1. The van der Waals surface area contributed by atoms with Crippen molar-refractivity contribution in [2.45, 2.75) is 45.4 Å². The Morgan fingerprint density at radius 2 is 1.97 bits per heavy atom. The molecule has 1 aromatic heterocycles. The molecular formula is C22H27N3O5. The van der Waals surface area contributed by atoms with Crippen LogP contribution in [0.15, 0.2) is 36.4 Å². The molecular weight excluding hydrogens is 386 g/mol. The van der Waals surface area contributed by atoms with Crippen LogP contribution < -0.4 is 10.6 Å². The molecule has 2 amide bonds. The van der Waals surface area contributed by atoms with Crippen molar-refractivity contribution in [1.82, 2.24) is 4.98 Å². The van der Waals surface area contributed by atoms with E-state index in [4.69, 9.17) is 0 Å². The van der Waals surface area contributed by atoms with Gasteiger partial charge in [-0.3, -0.25) is 19.9 Å². The van der Waals surface area contributed by atoms with Gasteiger partial charge in [0.15, 0.2) is 0 Å². The maximum absolute atomic E-state index is 12.3. The number of carbonyl (C=O) groups is 3. The first-order chi connectivity index (χ1) is 14.5. The molecule has 0 spiro atoms. The van der Waals surface area contributed by atoms with E-state index in [0.717, 1.165) is 0 Å². The number of aliphatic carboxylic acids is 1. The van der Waals surface area contributed by atoms with Crippen molar-refractivity contribution >= 4 is 29.3 Å². The quantitative estimate of drug-likeness (QED) is 0.660. The predicted molar refractivity (Wildman–Crippen MR) is 115 cm³/mol. The Labute approximate surface area is 175 Å². The van der Waals surface area contributed by atoms with Gasteiger partial charge >= 0.3 is 12.1 Å². The third-order valence-corrected chi connectivity index (χ3v) is 4.57. The number of carboxylic acids is 1. The lowest BCUT2D eigenvalue weighted by Gasteiger charge is -2.17. The molecule has 2 heterocycles. The topological polar surface area (TPSA) is 118 Å². The second-order valence-corrected chi connectivity index (χ2v) is 6.51. The number of methoxy groups -OCH3 is 1. The van der Waals surface area contributed by atoms with Crippen LogP contribution in [0.1, 0.15) is 51.1 Å². The van der Waals surface area contributed by atoms with E-state index in [2.05, 4.69) is 20.4 Å². The molecule has 2 bridgehead atoms. The zero-order chi connectivity index (χ0) is 22.1. The average molecular weight is 413 g/mol. The van der Waals surface area contributed by atoms with Gasteiger partial charge in [0, 0.05) is 17.7 Å². The van der Waals surface area contributed by atoms with E-state index in [1.54, 1.807) is 36.4 Å². The van der Waals surface area contributed by atoms with Crippen LogP contribution >= 0.6 is 0 Å². The number of pyridine rings is 1. The molecule has 3 rings (SSSR count). The zero-order valence-electron chi connectivity index (χ0n) is 17.4. The van der Waals surface area contributed by atoms with Crippen LogP contribution in [0.2, 0.25) is 0 Å². The molecule has 30 heavy (non-hydrogen) atoms. The van der Waals surface area contributed by atoms with Crippen LogP contribution in [0.5, 0.6) is 0 Å². The lowest BCUT2D eigenvalue weighted by molar-refractivity contribution is -0.139. The number of anilines is 2. The Balaban J connectivity index is 0.00000155. The van der Waals surface area contributed by atoms with E-state index in [0.29, 0.717) is 47.6 Å². The summed E-state index contributed by atoms with van der Waals surface area (Å²) in [7, 11) is 1.26. The fraction of sp³-hybridized carbons (Fsp3) is 0.364. The molecule has 1 atom stereocenters. The minimum atomic E-state index is -0.927. The molecule has 3 N–H and O–H groups in total. The maximum Gasteiger partial charge on any atom is 0.411 e. The van der Waals surface area contributed by atoms with Gasteiger partial charge in [0.1, 0.15) is 0 Å². The molecule has 1 aliphatic rings. The summed E-state index contributed by atoms with van der Waals surface area (Å²) in [5.74, 6) is -1.82. The smallest absolute Gasteiger partial charge is 0.411 e. The highest BCUT2D eigenvalue weighted by molar-refractivity contribution is 5.97. The Morgan fingerprint density at radius 3 is 2.67 bits per heavy atom.